The molecular formula is C12H10BrNO4S. The second-order valence-electron chi connectivity index (χ2n) is 3.67. The molecule has 0 radical (unpaired) electrons. The van der Waals surface area contributed by atoms with Crippen LogP contribution in [0.2, 0.25) is 0 Å². The lowest BCUT2D eigenvalue weighted by Gasteiger charge is -2.05. The normalized spacial score (nSPS) is 10.3. The van der Waals surface area contributed by atoms with Crippen LogP contribution in [0.5, 0.6) is 0 Å². The minimum atomic E-state index is -0.478. The molecule has 2 heterocycles. The second-order valence-corrected chi connectivity index (χ2v) is 5.33. The number of thiophene rings is 1. The monoisotopic (exact) mass is 343 g/mol. The maximum absolute atomic E-state index is 12.0. The quantitative estimate of drug-likeness (QED) is 0.866. The largest absolute Gasteiger partial charge is 0.465 e. The smallest absolute Gasteiger partial charge is 0.350 e. The molecule has 0 unspecified atom stereocenters. The summed E-state index contributed by atoms with van der Waals surface area (Å²) in [7, 11) is 1.30. The molecule has 1 N–H and O–H groups in total. The van der Waals surface area contributed by atoms with Crippen LogP contribution in [-0.2, 0) is 4.74 Å². The number of nitrogens with one attached hydrogen (secondary N) is 1. The summed E-state index contributed by atoms with van der Waals surface area (Å²) in [5.41, 5.74) is 1.25. The van der Waals surface area contributed by atoms with Gasteiger partial charge in [0.1, 0.15) is 4.88 Å². The van der Waals surface area contributed by atoms with Gasteiger partial charge in [0.25, 0.3) is 5.91 Å². The topological polar surface area (TPSA) is 68.5 Å². The summed E-state index contributed by atoms with van der Waals surface area (Å²) in [4.78, 5) is 23.9. The maximum atomic E-state index is 12.0. The van der Waals surface area contributed by atoms with Crippen LogP contribution < -0.4 is 5.32 Å². The fourth-order valence-corrected chi connectivity index (χ4v) is 2.68. The highest BCUT2D eigenvalue weighted by Gasteiger charge is 2.20. The molecule has 2 aromatic heterocycles. The SMILES string of the molecule is COC(=O)c1scc(C)c1NC(=O)c1ccc(Br)o1. The number of amides is 1. The third-order valence-electron chi connectivity index (χ3n) is 2.38. The Morgan fingerprint density at radius 1 is 1.42 bits per heavy atom. The number of ether oxygens (including phenoxy) is 1. The molecule has 0 aromatic carbocycles. The molecule has 0 fully saturated rings. The molecule has 0 aliphatic heterocycles. The Morgan fingerprint density at radius 2 is 2.16 bits per heavy atom. The molecule has 0 atom stereocenters. The summed E-state index contributed by atoms with van der Waals surface area (Å²) in [6.07, 6.45) is 0. The Hall–Kier alpha value is -1.60. The lowest BCUT2D eigenvalue weighted by atomic mass is 10.2. The van der Waals surface area contributed by atoms with Gasteiger partial charge < -0.3 is 14.5 Å². The van der Waals surface area contributed by atoms with E-state index in [1.165, 1.54) is 18.4 Å². The van der Waals surface area contributed by atoms with Crippen LogP contribution >= 0.6 is 27.3 Å². The highest BCUT2D eigenvalue weighted by atomic mass is 79.9. The molecule has 1 amide bonds. The average molecular weight is 344 g/mol. The summed E-state index contributed by atoms with van der Waals surface area (Å²) in [5.74, 6) is -0.736. The first-order chi connectivity index (χ1) is 9.02. The molecule has 100 valence electrons. The highest BCUT2D eigenvalue weighted by Crippen LogP contribution is 2.29. The number of carbonyl (C=O) groups excluding carboxylic acids is 2. The number of methoxy groups -OCH3 is 1. The summed E-state index contributed by atoms with van der Waals surface area (Å²) < 4.78 is 10.3. The Balaban J connectivity index is 2.26. The number of esters is 1. The molecule has 19 heavy (non-hydrogen) atoms. The van der Waals surface area contributed by atoms with Crippen molar-refractivity contribution in [2.24, 2.45) is 0 Å². The second kappa shape index (κ2) is 5.58. The van der Waals surface area contributed by atoms with Crippen molar-refractivity contribution in [2.75, 3.05) is 12.4 Å². The van der Waals surface area contributed by atoms with Gasteiger partial charge >= 0.3 is 5.97 Å². The number of hydrogen-bond acceptors (Lipinski definition) is 5. The predicted octanol–water partition coefficient (Wildman–Crippen LogP) is 3.45. The molecule has 2 rings (SSSR count). The van der Waals surface area contributed by atoms with Crippen molar-refractivity contribution >= 4 is 44.8 Å². The van der Waals surface area contributed by atoms with Gasteiger partial charge in [-0.2, -0.15) is 0 Å². The molecule has 2 aromatic rings. The first kappa shape index (κ1) is 13.8. The van der Waals surface area contributed by atoms with E-state index in [-0.39, 0.29) is 5.76 Å². The maximum Gasteiger partial charge on any atom is 0.350 e. The fourth-order valence-electron chi connectivity index (χ4n) is 1.45. The standard InChI is InChI=1S/C12H10BrNO4S/c1-6-5-19-10(12(16)17-2)9(6)14-11(15)7-3-4-8(13)18-7/h3-5H,1-2H3,(H,14,15). The summed E-state index contributed by atoms with van der Waals surface area (Å²) in [6.45, 7) is 1.80. The fraction of sp³-hybridized carbons (Fsp3) is 0.167. The van der Waals surface area contributed by atoms with Gasteiger partial charge in [0, 0.05) is 0 Å². The van der Waals surface area contributed by atoms with E-state index in [2.05, 4.69) is 26.0 Å². The van der Waals surface area contributed by atoms with Crippen LogP contribution in [0.25, 0.3) is 0 Å². The summed E-state index contributed by atoms with van der Waals surface area (Å²) >= 11 is 4.35. The van der Waals surface area contributed by atoms with Crippen molar-refractivity contribution in [2.45, 2.75) is 6.92 Å². The van der Waals surface area contributed by atoms with E-state index in [4.69, 9.17) is 4.42 Å². The molecule has 0 aliphatic carbocycles. The average Bonchev–Trinajstić information content (AvgIpc) is 2.96. The number of furan rings is 1. The first-order valence-corrected chi connectivity index (χ1v) is 6.93. The zero-order valence-corrected chi connectivity index (χ0v) is 12.6. The van der Waals surface area contributed by atoms with E-state index in [0.29, 0.717) is 15.2 Å². The van der Waals surface area contributed by atoms with Crippen molar-refractivity contribution in [1.82, 2.24) is 0 Å². The Morgan fingerprint density at radius 3 is 2.74 bits per heavy atom. The summed E-state index contributed by atoms with van der Waals surface area (Å²) in [6, 6.07) is 3.16. The van der Waals surface area contributed by atoms with Crippen LogP contribution in [0, 0.1) is 6.92 Å². The van der Waals surface area contributed by atoms with Gasteiger partial charge in [-0.05, 0) is 45.9 Å². The lowest BCUT2D eigenvalue weighted by Crippen LogP contribution is -2.14. The van der Waals surface area contributed by atoms with E-state index in [1.807, 2.05) is 0 Å². The van der Waals surface area contributed by atoms with Crippen molar-refractivity contribution in [3.05, 3.63) is 38.4 Å². The van der Waals surface area contributed by atoms with E-state index in [9.17, 15) is 9.59 Å². The van der Waals surface area contributed by atoms with Crippen molar-refractivity contribution in [3.8, 4) is 0 Å². The minimum absolute atomic E-state index is 0.160. The third-order valence-corrected chi connectivity index (χ3v) is 3.89. The lowest BCUT2D eigenvalue weighted by molar-refractivity contribution is 0.0607. The molecule has 7 heteroatoms. The van der Waals surface area contributed by atoms with E-state index < -0.39 is 11.9 Å². The molecule has 0 spiro atoms. The minimum Gasteiger partial charge on any atom is -0.465 e. The number of aryl methyl sites for hydroxylation is 1. The van der Waals surface area contributed by atoms with Crippen LogP contribution in [0.3, 0.4) is 0 Å². The Labute approximate surface area is 121 Å². The number of anilines is 1. The highest BCUT2D eigenvalue weighted by molar-refractivity contribution is 9.10. The molecule has 0 bridgehead atoms. The summed E-state index contributed by atoms with van der Waals surface area (Å²) in [5, 5.41) is 4.44. The zero-order chi connectivity index (χ0) is 14.0. The zero-order valence-electron chi connectivity index (χ0n) is 10.2. The van der Waals surface area contributed by atoms with Gasteiger partial charge in [0.2, 0.25) is 0 Å². The van der Waals surface area contributed by atoms with E-state index in [0.717, 1.165) is 5.56 Å². The van der Waals surface area contributed by atoms with Crippen LogP contribution in [0.15, 0.2) is 26.6 Å². The van der Waals surface area contributed by atoms with Gasteiger partial charge in [-0.3, -0.25) is 4.79 Å². The van der Waals surface area contributed by atoms with Gasteiger partial charge in [0.15, 0.2) is 10.4 Å². The van der Waals surface area contributed by atoms with Gasteiger partial charge in [-0.1, -0.05) is 0 Å². The number of halogens is 1. The molecule has 0 saturated carbocycles. The van der Waals surface area contributed by atoms with Crippen LogP contribution in [0.1, 0.15) is 25.8 Å². The van der Waals surface area contributed by atoms with Crippen molar-refractivity contribution < 1.29 is 18.7 Å². The van der Waals surface area contributed by atoms with Crippen molar-refractivity contribution in [3.63, 3.8) is 0 Å². The third kappa shape index (κ3) is 2.87. The van der Waals surface area contributed by atoms with Crippen molar-refractivity contribution in [1.29, 1.82) is 0 Å². The predicted molar refractivity (Wildman–Crippen MR) is 74.8 cm³/mol. The number of hydrogen-bond donors (Lipinski definition) is 1. The van der Waals surface area contributed by atoms with E-state index in [1.54, 1.807) is 24.4 Å². The van der Waals surface area contributed by atoms with Gasteiger partial charge in [0.05, 0.1) is 12.8 Å². The Bertz CT molecular complexity index is 631. The Kier molecular flexibility index (Phi) is 4.06. The molecule has 0 saturated heterocycles. The molecule has 0 aliphatic rings. The number of carbonyl (C=O) groups is 2. The molecular weight excluding hydrogens is 334 g/mol. The van der Waals surface area contributed by atoms with Gasteiger partial charge in [-0.15, -0.1) is 11.3 Å². The van der Waals surface area contributed by atoms with Crippen LogP contribution in [0.4, 0.5) is 5.69 Å². The first-order valence-electron chi connectivity index (χ1n) is 5.26. The van der Waals surface area contributed by atoms with Crippen LogP contribution in [-0.4, -0.2) is 19.0 Å². The van der Waals surface area contributed by atoms with Gasteiger partial charge in [-0.25, -0.2) is 4.79 Å². The molecule has 5 nitrogen and oxygen atoms in total. The van der Waals surface area contributed by atoms with E-state index >= 15 is 0 Å². The number of rotatable bonds is 3.